The third-order valence-electron chi connectivity index (χ3n) is 3.35. The molecule has 0 spiro atoms. The van der Waals surface area contributed by atoms with Crippen LogP contribution in [0.5, 0.6) is 0 Å². The minimum atomic E-state index is -0.274. The van der Waals surface area contributed by atoms with Gasteiger partial charge < -0.3 is 22.6 Å². The number of hydrogen-bond donors (Lipinski definition) is 1. The lowest BCUT2D eigenvalue weighted by Crippen LogP contribution is -3.00. The van der Waals surface area contributed by atoms with Crippen LogP contribution < -0.4 is 22.6 Å². The van der Waals surface area contributed by atoms with Gasteiger partial charge in [-0.05, 0) is 29.8 Å². The molecule has 0 bridgehead atoms. The summed E-state index contributed by atoms with van der Waals surface area (Å²) >= 11 is 12.6. The molecule has 0 unspecified atom stereocenters. The molecule has 0 aliphatic carbocycles. The quantitative estimate of drug-likeness (QED) is 0.873. The van der Waals surface area contributed by atoms with E-state index in [1.165, 1.54) is 12.1 Å². The lowest BCUT2D eigenvalue weighted by Gasteiger charge is -2.26. The zero-order chi connectivity index (χ0) is 15.5. The van der Waals surface area contributed by atoms with Crippen molar-refractivity contribution in [1.82, 2.24) is 5.32 Å². The summed E-state index contributed by atoms with van der Waals surface area (Å²) < 4.78 is 13.4. The molecule has 1 N–H and O–H groups in total. The van der Waals surface area contributed by atoms with E-state index < -0.39 is 0 Å². The second-order valence-corrected chi connectivity index (χ2v) is 5.73. The van der Waals surface area contributed by atoms with Crippen molar-refractivity contribution in [2.45, 2.75) is 6.54 Å². The number of halogens is 4. The number of benzene rings is 2. The standard InChI is InChI=1S/C16H14Cl2FN3.ClH/c17-13-5-2-6-14(18)15(13)22(16-20-7-8-21-16)10-11-3-1-4-12(19)9-11;/h1-6,9H,7-8,10H2,(H,20,21);1H/p-1. The van der Waals surface area contributed by atoms with Crippen molar-refractivity contribution in [2.24, 2.45) is 4.99 Å². The van der Waals surface area contributed by atoms with E-state index in [4.69, 9.17) is 23.2 Å². The maximum Gasteiger partial charge on any atom is 0.199 e. The molecule has 0 amide bonds. The summed E-state index contributed by atoms with van der Waals surface area (Å²) in [7, 11) is 0. The predicted molar refractivity (Wildman–Crippen MR) is 89.3 cm³/mol. The molecule has 1 heterocycles. The SMILES string of the molecule is Fc1cccc(CN(C2=NCCN2)c2c(Cl)cccc2Cl)c1.[Cl-]. The molecule has 1 aliphatic heterocycles. The Labute approximate surface area is 150 Å². The highest BCUT2D eigenvalue weighted by atomic mass is 35.5. The van der Waals surface area contributed by atoms with E-state index in [9.17, 15) is 4.39 Å². The molecule has 3 nitrogen and oxygen atoms in total. The van der Waals surface area contributed by atoms with Gasteiger partial charge in [0.25, 0.3) is 0 Å². The van der Waals surface area contributed by atoms with Gasteiger partial charge >= 0.3 is 0 Å². The number of hydrogen-bond acceptors (Lipinski definition) is 3. The normalized spacial score (nSPS) is 13.1. The molecule has 23 heavy (non-hydrogen) atoms. The van der Waals surface area contributed by atoms with E-state index in [2.05, 4.69) is 10.3 Å². The van der Waals surface area contributed by atoms with Crippen molar-refractivity contribution < 1.29 is 16.8 Å². The molecule has 0 fully saturated rings. The molecule has 0 radical (unpaired) electrons. The fraction of sp³-hybridized carbons (Fsp3) is 0.188. The summed E-state index contributed by atoms with van der Waals surface area (Å²) in [6.07, 6.45) is 0. The number of anilines is 1. The molecule has 2 aromatic carbocycles. The fourth-order valence-corrected chi connectivity index (χ4v) is 2.99. The van der Waals surface area contributed by atoms with Crippen LogP contribution >= 0.6 is 23.2 Å². The maximum absolute atomic E-state index is 13.4. The van der Waals surface area contributed by atoms with Gasteiger partial charge in [-0.1, -0.05) is 41.4 Å². The zero-order valence-corrected chi connectivity index (χ0v) is 14.3. The largest absolute Gasteiger partial charge is 1.00 e. The number of nitrogens with one attached hydrogen (secondary N) is 1. The van der Waals surface area contributed by atoms with Crippen LogP contribution in [0.2, 0.25) is 10.0 Å². The van der Waals surface area contributed by atoms with Gasteiger partial charge in [0.15, 0.2) is 5.96 Å². The van der Waals surface area contributed by atoms with E-state index in [0.717, 1.165) is 12.1 Å². The Kier molecular flexibility index (Phi) is 6.10. The second-order valence-electron chi connectivity index (χ2n) is 4.92. The average molecular weight is 374 g/mol. The van der Waals surface area contributed by atoms with Gasteiger partial charge in [0.1, 0.15) is 5.82 Å². The summed E-state index contributed by atoms with van der Waals surface area (Å²) in [5.41, 5.74) is 1.48. The first-order valence-electron chi connectivity index (χ1n) is 6.89. The Morgan fingerprint density at radius 1 is 1.13 bits per heavy atom. The van der Waals surface area contributed by atoms with Gasteiger partial charge in [-0.3, -0.25) is 4.99 Å². The van der Waals surface area contributed by atoms with E-state index >= 15 is 0 Å². The number of guanidine groups is 1. The monoisotopic (exact) mass is 372 g/mol. The van der Waals surface area contributed by atoms with Gasteiger partial charge in [0, 0.05) is 6.54 Å². The van der Waals surface area contributed by atoms with E-state index in [-0.39, 0.29) is 18.2 Å². The average Bonchev–Trinajstić information content (AvgIpc) is 3.00. The van der Waals surface area contributed by atoms with Crippen LogP contribution in [0.4, 0.5) is 10.1 Å². The van der Waals surface area contributed by atoms with Crippen molar-refractivity contribution in [2.75, 3.05) is 18.0 Å². The molecule has 2 aromatic rings. The first-order chi connectivity index (χ1) is 10.6. The van der Waals surface area contributed by atoms with Gasteiger partial charge in [0.05, 0.1) is 28.8 Å². The van der Waals surface area contributed by atoms with Crippen LogP contribution in [0.1, 0.15) is 5.56 Å². The summed E-state index contributed by atoms with van der Waals surface area (Å²) in [6, 6.07) is 11.8. The van der Waals surface area contributed by atoms with Crippen LogP contribution in [0, 0.1) is 5.82 Å². The zero-order valence-electron chi connectivity index (χ0n) is 12.1. The van der Waals surface area contributed by atoms with E-state index in [1.807, 2.05) is 11.0 Å². The van der Waals surface area contributed by atoms with Crippen molar-refractivity contribution >= 4 is 34.8 Å². The van der Waals surface area contributed by atoms with Crippen LogP contribution in [0.25, 0.3) is 0 Å². The number of rotatable bonds is 3. The molecule has 0 saturated carbocycles. The molecule has 3 rings (SSSR count). The minimum absolute atomic E-state index is 0. The van der Waals surface area contributed by atoms with Crippen LogP contribution in [-0.2, 0) is 6.54 Å². The third-order valence-corrected chi connectivity index (χ3v) is 3.96. The minimum Gasteiger partial charge on any atom is -1.00 e. The Bertz CT molecular complexity index is 701. The Morgan fingerprint density at radius 2 is 1.83 bits per heavy atom. The number of aliphatic imine (C=N–C) groups is 1. The van der Waals surface area contributed by atoms with Crippen molar-refractivity contribution in [1.29, 1.82) is 0 Å². The molecular weight excluding hydrogens is 360 g/mol. The highest BCUT2D eigenvalue weighted by molar-refractivity contribution is 6.40. The number of nitrogens with zero attached hydrogens (tertiary/aromatic N) is 2. The Balaban J connectivity index is 0.00000192. The third kappa shape index (κ3) is 4.08. The van der Waals surface area contributed by atoms with Gasteiger partial charge in [-0.2, -0.15) is 0 Å². The summed E-state index contributed by atoms with van der Waals surface area (Å²) in [5, 5.41) is 4.27. The topological polar surface area (TPSA) is 27.6 Å². The van der Waals surface area contributed by atoms with Crippen LogP contribution in [-0.4, -0.2) is 19.0 Å². The summed E-state index contributed by atoms with van der Waals surface area (Å²) in [6.45, 7) is 1.88. The summed E-state index contributed by atoms with van der Waals surface area (Å²) in [5.74, 6) is 0.420. The first-order valence-corrected chi connectivity index (χ1v) is 7.65. The molecule has 7 heteroatoms. The highest BCUT2D eigenvalue weighted by Gasteiger charge is 2.21. The lowest BCUT2D eigenvalue weighted by molar-refractivity contribution is -0.00000489. The van der Waals surface area contributed by atoms with Crippen molar-refractivity contribution in [3.05, 3.63) is 63.9 Å². The molecule has 0 atom stereocenters. The van der Waals surface area contributed by atoms with E-state index in [0.29, 0.717) is 34.8 Å². The molecule has 0 saturated heterocycles. The van der Waals surface area contributed by atoms with Crippen LogP contribution in [0.15, 0.2) is 47.5 Å². The number of para-hydroxylation sites is 1. The van der Waals surface area contributed by atoms with E-state index in [1.54, 1.807) is 24.3 Å². The maximum atomic E-state index is 13.4. The van der Waals surface area contributed by atoms with Crippen LogP contribution in [0.3, 0.4) is 0 Å². The lowest BCUT2D eigenvalue weighted by atomic mass is 10.2. The molecular formula is C16H14Cl3FN3-. The molecule has 1 aliphatic rings. The smallest absolute Gasteiger partial charge is 0.199 e. The second kappa shape index (κ2) is 7.86. The van der Waals surface area contributed by atoms with Crippen molar-refractivity contribution in [3.63, 3.8) is 0 Å². The van der Waals surface area contributed by atoms with Crippen molar-refractivity contribution in [3.8, 4) is 0 Å². The highest BCUT2D eigenvalue weighted by Crippen LogP contribution is 2.34. The molecule has 0 aromatic heterocycles. The van der Waals surface area contributed by atoms with Gasteiger partial charge in [-0.15, -0.1) is 0 Å². The first kappa shape index (κ1) is 17.9. The molecule has 122 valence electrons. The fourth-order valence-electron chi connectivity index (χ4n) is 2.39. The predicted octanol–water partition coefficient (Wildman–Crippen LogP) is 1.10. The Morgan fingerprint density at radius 3 is 2.43 bits per heavy atom. The van der Waals surface area contributed by atoms with Gasteiger partial charge in [-0.25, -0.2) is 4.39 Å². The van der Waals surface area contributed by atoms with Gasteiger partial charge in [0.2, 0.25) is 0 Å². The summed E-state index contributed by atoms with van der Waals surface area (Å²) in [4.78, 5) is 6.32. The Hall–Kier alpha value is -1.49.